The van der Waals surface area contributed by atoms with E-state index in [0.717, 1.165) is 108 Å². The van der Waals surface area contributed by atoms with E-state index in [4.69, 9.17) is 10.0 Å². The molecule has 12 rings (SSSR count). The van der Waals surface area contributed by atoms with Crippen LogP contribution in [0, 0.1) is 23.7 Å². The van der Waals surface area contributed by atoms with Crippen LogP contribution in [-0.2, 0) is 25.9 Å². The van der Waals surface area contributed by atoms with Crippen molar-refractivity contribution in [2.45, 2.75) is 51.6 Å². The minimum atomic E-state index is -1.34. The number of hydrogen-bond acceptors (Lipinski definition) is 10. The van der Waals surface area contributed by atoms with Gasteiger partial charge in [-0.2, -0.15) is 0 Å². The maximum atomic E-state index is 13.1. The third-order valence-corrected chi connectivity index (χ3v) is 17.3. The lowest BCUT2D eigenvalue weighted by Crippen LogP contribution is -2.55. The molecule has 0 bridgehead atoms. The topological polar surface area (TPSA) is 154 Å². The lowest BCUT2D eigenvalue weighted by atomic mass is 9.81. The van der Waals surface area contributed by atoms with E-state index in [1.807, 2.05) is 52.3 Å². The normalized spacial score (nSPS) is 19.3. The van der Waals surface area contributed by atoms with E-state index in [1.54, 1.807) is 36.7 Å². The summed E-state index contributed by atoms with van der Waals surface area (Å²) in [6.07, 6.45) is 9.50. The predicted molar refractivity (Wildman–Crippen MR) is 293 cm³/mol. The number of carbonyl (C=O) groups is 4. The van der Waals surface area contributed by atoms with Crippen LogP contribution in [0.1, 0.15) is 67.5 Å². The standard InChI is InChI=1S/C28H30N4O2S.C22H25BrN4O2S.C6H7BO2/c33-27(26-29-10-13-35-26)30-11-8-20(16-30)14-21-17-32(18-21)28(34)31-12-9-24-15-23(6-7-25(24)19-31)22-4-2-1-3-5-22;23-19-2-1-18-14-26(7-4-17(18)10-19)22(29)27-12-16(13-27)9-15-3-6-25(11-15)21(28)20-24-5-8-30-20;8-7(9)6-4-2-1-3-5-6/h1-7,10,13,15,20-21H,8-9,11-12,14,16-19H2;1-2,5,8,10,15-16H,3-4,6-7,9,11-14H2;1-5,8-9H/t20-;15-;/m11./s1. The molecule has 0 saturated carbocycles. The maximum absolute atomic E-state index is 13.1. The summed E-state index contributed by atoms with van der Waals surface area (Å²) in [5.41, 5.74) is 8.22. The largest absolute Gasteiger partial charge is 0.488 e. The quantitative estimate of drug-likeness (QED) is 0.146. The molecule has 6 aromatic rings. The zero-order chi connectivity index (χ0) is 51.1. The third-order valence-electron chi connectivity index (χ3n) is 15.3. The van der Waals surface area contributed by atoms with Gasteiger partial charge in [-0.05, 0) is 113 Å². The number of carbonyl (C=O) groups excluding carboxylic acids is 4. The van der Waals surface area contributed by atoms with Crippen LogP contribution in [0.3, 0.4) is 0 Å². The fourth-order valence-corrected chi connectivity index (χ4v) is 12.9. The minimum absolute atomic E-state index is 0.0641. The van der Waals surface area contributed by atoms with Gasteiger partial charge in [-0.15, -0.1) is 22.7 Å². The van der Waals surface area contributed by atoms with Crippen LogP contribution in [0.2, 0.25) is 0 Å². The number of hydrogen-bond donors (Lipinski definition) is 2. The molecule has 384 valence electrons. The molecule has 8 heterocycles. The first-order valence-electron chi connectivity index (χ1n) is 25.8. The first kappa shape index (κ1) is 51.6. The highest BCUT2D eigenvalue weighted by Crippen LogP contribution is 2.34. The van der Waals surface area contributed by atoms with Gasteiger partial charge in [0, 0.05) is 106 Å². The van der Waals surface area contributed by atoms with Crippen LogP contribution in [0.5, 0.6) is 0 Å². The van der Waals surface area contributed by atoms with Gasteiger partial charge in [0.1, 0.15) is 0 Å². The first-order chi connectivity index (χ1) is 36.0. The van der Waals surface area contributed by atoms with Crippen molar-refractivity contribution in [1.82, 2.24) is 39.4 Å². The molecule has 14 nitrogen and oxygen atoms in total. The highest BCUT2D eigenvalue weighted by atomic mass is 79.9. The van der Waals surface area contributed by atoms with Crippen molar-refractivity contribution in [3.05, 3.63) is 157 Å². The van der Waals surface area contributed by atoms with Crippen LogP contribution in [0.15, 0.2) is 125 Å². The summed E-state index contributed by atoms with van der Waals surface area (Å²) >= 11 is 6.35. The summed E-state index contributed by atoms with van der Waals surface area (Å²) in [4.78, 5) is 71.2. The zero-order valence-corrected chi connectivity index (χ0v) is 44.7. The summed E-state index contributed by atoms with van der Waals surface area (Å²) in [6.45, 7) is 9.62. The number of halogens is 1. The Morgan fingerprint density at radius 1 is 0.527 bits per heavy atom. The summed E-state index contributed by atoms with van der Waals surface area (Å²) in [5.74, 6) is 2.30. The minimum Gasteiger partial charge on any atom is -0.423 e. The molecule has 0 aliphatic carbocycles. The number of amides is 6. The molecule has 2 N–H and O–H groups in total. The summed E-state index contributed by atoms with van der Waals surface area (Å²) in [5, 5.41) is 22.0. The molecule has 74 heavy (non-hydrogen) atoms. The molecule has 0 unspecified atom stereocenters. The number of nitrogens with zero attached hydrogens (tertiary/aromatic N) is 8. The Bertz CT molecular complexity index is 2870. The lowest BCUT2D eigenvalue weighted by molar-refractivity contribution is 0.0722. The van der Waals surface area contributed by atoms with Gasteiger partial charge in [-0.3, -0.25) is 9.59 Å². The molecule has 6 aliphatic rings. The number of aromatic nitrogens is 2. The molecule has 2 atom stereocenters. The van der Waals surface area contributed by atoms with Crippen molar-refractivity contribution < 1.29 is 29.2 Å². The van der Waals surface area contributed by atoms with E-state index in [2.05, 4.69) is 86.6 Å². The summed E-state index contributed by atoms with van der Waals surface area (Å²) < 4.78 is 1.10. The Morgan fingerprint density at radius 2 is 1.00 bits per heavy atom. The SMILES string of the molecule is O=C(c1nccs1)N1CC[C@H](CC2CN(C(=O)N3CCc4cc(-c5ccccc5)ccc4C3)C2)C1.O=C(c1nccs1)N1CC[C@H](CC2CN(C(=O)N3CCc4cc(Br)ccc4C3)C2)C1.OB(O)c1ccccc1. The molecule has 0 spiro atoms. The van der Waals surface area contributed by atoms with Crippen LogP contribution in [0.25, 0.3) is 11.1 Å². The van der Waals surface area contributed by atoms with Gasteiger partial charge >= 0.3 is 19.2 Å². The van der Waals surface area contributed by atoms with Gasteiger partial charge in [0.05, 0.1) is 0 Å². The number of benzene rings is 4. The number of likely N-dealkylation sites (tertiary alicyclic amines) is 4. The summed E-state index contributed by atoms with van der Waals surface area (Å²) in [6, 6.07) is 32.5. The smallest absolute Gasteiger partial charge is 0.423 e. The Hall–Kier alpha value is -5.92. The van der Waals surface area contributed by atoms with E-state index >= 15 is 0 Å². The van der Waals surface area contributed by atoms with E-state index in [-0.39, 0.29) is 23.9 Å². The van der Waals surface area contributed by atoms with Crippen LogP contribution < -0.4 is 5.46 Å². The Balaban J connectivity index is 0.000000146. The first-order valence-corrected chi connectivity index (χ1v) is 28.4. The zero-order valence-electron chi connectivity index (χ0n) is 41.5. The average molecular weight is 1100 g/mol. The number of fused-ring (bicyclic) bond motifs is 2. The molecular formula is C56H62BBrN8O6S2. The van der Waals surface area contributed by atoms with Gasteiger partial charge < -0.3 is 39.4 Å². The maximum Gasteiger partial charge on any atom is 0.488 e. The molecular weight excluding hydrogens is 1040 g/mol. The highest BCUT2D eigenvalue weighted by molar-refractivity contribution is 9.10. The second kappa shape index (κ2) is 23.7. The van der Waals surface area contributed by atoms with Crippen LogP contribution >= 0.6 is 38.6 Å². The Labute approximate surface area is 449 Å². The van der Waals surface area contributed by atoms with Crippen molar-refractivity contribution in [2.75, 3.05) is 65.4 Å². The molecule has 4 fully saturated rings. The molecule has 0 radical (unpaired) electrons. The van der Waals surface area contributed by atoms with Crippen molar-refractivity contribution in [3.63, 3.8) is 0 Å². The van der Waals surface area contributed by atoms with Crippen molar-refractivity contribution in [3.8, 4) is 11.1 Å². The third kappa shape index (κ3) is 12.4. The van der Waals surface area contributed by atoms with Crippen molar-refractivity contribution >= 4 is 75.1 Å². The fourth-order valence-electron chi connectivity index (χ4n) is 11.3. The second-order valence-electron chi connectivity index (χ2n) is 20.5. The van der Waals surface area contributed by atoms with E-state index in [1.165, 1.54) is 56.1 Å². The van der Waals surface area contributed by atoms with Gasteiger partial charge in [-0.1, -0.05) is 101 Å². The summed E-state index contributed by atoms with van der Waals surface area (Å²) in [7, 11) is -1.34. The van der Waals surface area contributed by atoms with E-state index in [0.29, 0.717) is 52.2 Å². The van der Waals surface area contributed by atoms with E-state index in [9.17, 15) is 19.2 Å². The average Bonchev–Trinajstić information content (AvgIpc) is 4.28. The van der Waals surface area contributed by atoms with Gasteiger partial charge in [0.25, 0.3) is 11.8 Å². The van der Waals surface area contributed by atoms with Crippen molar-refractivity contribution in [2.24, 2.45) is 23.7 Å². The van der Waals surface area contributed by atoms with Gasteiger partial charge in [0.15, 0.2) is 10.0 Å². The highest BCUT2D eigenvalue weighted by Gasteiger charge is 2.39. The number of urea groups is 2. The molecule has 6 aliphatic heterocycles. The van der Waals surface area contributed by atoms with Crippen LogP contribution in [-0.4, -0.2) is 146 Å². The number of thiazole rings is 2. The fraction of sp³-hybridized carbons (Fsp3) is 0.393. The predicted octanol–water partition coefficient (Wildman–Crippen LogP) is 8.01. The Kier molecular flexibility index (Phi) is 16.5. The lowest BCUT2D eigenvalue weighted by Gasteiger charge is -2.43. The van der Waals surface area contributed by atoms with Crippen LogP contribution in [0.4, 0.5) is 9.59 Å². The number of rotatable bonds is 8. The molecule has 4 aromatic carbocycles. The van der Waals surface area contributed by atoms with Crippen molar-refractivity contribution in [1.29, 1.82) is 0 Å². The van der Waals surface area contributed by atoms with E-state index < -0.39 is 7.12 Å². The Morgan fingerprint density at radius 3 is 1.47 bits per heavy atom. The molecule has 4 saturated heterocycles. The van der Waals surface area contributed by atoms with Gasteiger partial charge in [-0.25, -0.2) is 19.6 Å². The monoisotopic (exact) mass is 1100 g/mol. The molecule has 6 amide bonds. The molecule has 18 heteroatoms. The second-order valence-corrected chi connectivity index (χ2v) is 23.2. The van der Waals surface area contributed by atoms with Gasteiger partial charge in [0.2, 0.25) is 0 Å². The molecule has 2 aromatic heterocycles.